The number of likely N-dealkylation sites (N-methyl/N-ethyl adjacent to an activating group) is 1. The maximum atomic E-state index is 13.4. The Morgan fingerprint density at radius 3 is 2.48 bits per heavy atom. The van der Waals surface area contributed by atoms with Crippen molar-refractivity contribution in [1.29, 1.82) is 5.26 Å². The fraction of sp³-hybridized carbons (Fsp3) is 0.357. The molecule has 9 heteroatoms. The Balaban J connectivity index is 2.72. The molecule has 1 saturated heterocycles. The van der Waals surface area contributed by atoms with E-state index in [4.69, 9.17) is 17.5 Å². The fourth-order valence-corrected chi connectivity index (χ4v) is 2.72. The van der Waals surface area contributed by atoms with Gasteiger partial charge in [-0.05, 0) is 31.3 Å². The minimum absolute atomic E-state index is 0.174. The normalized spacial score (nSPS) is 21.8. The lowest BCUT2D eigenvalue weighted by molar-refractivity contribution is -0.137. The minimum Gasteiger partial charge on any atom is -0.393 e. The molecule has 5 nitrogen and oxygen atoms in total. The highest BCUT2D eigenvalue weighted by molar-refractivity contribution is 7.80. The molecule has 1 fully saturated rings. The van der Waals surface area contributed by atoms with E-state index in [1.807, 2.05) is 0 Å². The van der Waals surface area contributed by atoms with Gasteiger partial charge in [0.25, 0.3) is 5.91 Å². The quantitative estimate of drug-likeness (QED) is 0.831. The van der Waals surface area contributed by atoms with Gasteiger partial charge in [0.15, 0.2) is 5.11 Å². The van der Waals surface area contributed by atoms with Crippen LogP contribution in [0.4, 0.5) is 18.9 Å². The molecule has 23 heavy (non-hydrogen) atoms. The molecular weight excluding hydrogens is 331 g/mol. The van der Waals surface area contributed by atoms with Crippen LogP contribution in [0.15, 0.2) is 18.2 Å². The molecule has 1 N–H and O–H groups in total. The predicted octanol–water partition coefficient (Wildman–Crippen LogP) is 1.89. The number of amides is 1. The van der Waals surface area contributed by atoms with Crippen molar-refractivity contribution in [3.05, 3.63) is 29.3 Å². The minimum atomic E-state index is -4.84. The Hall–Kier alpha value is -2.18. The van der Waals surface area contributed by atoms with Crippen LogP contribution in [0, 0.1) is 11.3 Å². The molecule has 122 valence electrons. The van der Waals surface area contributed by atoms with Crippen molar-refractivity contribution in [3.8, 4) is 6.07 Å². The van der Waals surface area contributed by atoms with Gasteiger partial charge in [-0.3, -0.25) is 9.69 Å². The summed E-state index contributed by atoms with van der Waals surface area (Å²) in [5.74, 6) is -0.784. The van der Waals surface area contributed by atoms with Crippen molar-refractivity contribution in [3.63, 3.8) is 0 Å². The monoisotopic (exact) mass is 343 g/mol. The summed E-state index contributed by atoms with van der Waals surface area (Å²) in [6.07, 6.45) is -4.84. The summed E-state index contributed by atoms with van der Waals surface area (Å²) < 4.78 is 40.1. The van der Waals surface area contributed by atoms with Gasteiger partial charge in [-0.25, -0.2) is 0 Å². The topological polar surface area (TPSA) is 67.6 Å². The first kappa shape index (κ1) is 17.2. The van der Waals surface area contributed by atoms with E-state index in [2.05, 4.69) is 0 Å². The molecule has 0 saturated carbocycles. The van der Waals surface area contributed by atoms with E-state index < -0.39 is 41.0 Å². The average Bonchev–Trinajstić information content (AvgIpc) is 2.67. The molecule has 1 atom stereocenters. The summed E-state index contributed by atoms with van der Waals surface area (Å²) >= 11 is 5.07. The van der Waals surface area contributed by atoms with Crippen LogP contribution in [0.25, 0.3) is 0 Å². The Bertz CT molecular complexity index is 729. The third kappa shape index (κ3) is 2.44. The van der Waals surface area contributed by atoms with Crippen molar-refractivity contribution in [2.45, 2.75) is 18.6 Å². The maximum absolute atomic E-state index is 13.4. The molecule has 0 bridgehead atoms. The number of nitriles is 1. The van der Waals surface area contributed by atoms with E-state index in [1.165, 1.54) is 31.0 Å². The Kier molecular flexibility index (Phi) is 4.09. The van der Waals surface area contributed by atoms with Crippen molar-refractivity contribution in [1.82, 2.24) is 4.90 Å². The number of nitrogens with zero attached hydrogens (tertiary/aromatic N) is 3. The SMILES string of the molecule is CN1C(=S)N(c2cccc(C#N)c2C(F)(F)F)C(=O)C1(C)CO. The van der Waals surface area contributed by atoms with Crippen LogP contribution in [0.3, 0.4) is 0 Å². The van der Waals surface area contributed by atoms with Crippen LogP contribution < -0.4 is 4.90 Å². The molecule has 0 aliphatic carbocycles. The predicted molar refractivity (Wildman–Crippen MR) is 79.5 cm³/mol. The Labute approximate surface area is 135 Å². The second kappa shape index (κ2) is 5.47. The zero-order valence-corrected chi connectivity index (χ0v) is 13.0. The lowest BCUT2D eigenvalue weighted by Crippen LogP contribution is -2.48. The molecular formula is C14H12F3N3O2S. The first-order valence-corrected chi connectivity index (χ1v) is 6.84. The van der Waals surface area contributed by atoms with Crippen molar-refractivity contribution in [2.24, 2.45) is 0 Å². The van der Waals surface area contributed by atoms with Crippen molar-refractivity contribution >= 4 is 28.9 Å². The molecule has 1 aromatic carbocycles. The second-order valence-corrected chi connectivity index (χ2v) is 5.59. The van der Waals surface area contributed by atoms with Crippen molar-refractivity contribution in [2.75, 3.05) is 18.6 Å². The molecule has 0 spiro atoms. The molecule has 0 radical (unpaired) electrons. The second-order valence-electron chi connectivity index (χ2n) is 5.22. The van der Waals surface area contributed by atoms with E-state index in [0.29, 0.717) is 0 Å². The van der Waals surface area contributed by atoms with E-state index in [9.17, 15) is 23.1 Å². The molecule has 1 aliphatic heterocycles. The number of hydrogen-bond acceptors (Lipinski definition) is 4. The Morgan fingerprint density at radius 2 is 2.04 bits per heavy atom. The van der Waals surface area contributed by atoms with Gasteiger partial charge >= 0.3 is 6.18 Å². The van der Waals surface area contributed by atoms with Crippen LogP contribution in [-0.4, -0.2) is 40.2 Å². The van der Waals surface area contributed by atoms with E-state index in [-0.39, 0.29) is 5.11 Å². The highest BCUT2D eigenvalue weighted by Gasteiger charge is 2.52. The van der Waals surface area contributed by atoms with Crippen LogP contribution in [0.5, 0.6) is 0 Å². The summed E-state index contributed by atoms with van der Waals surface area (Å²) in [6, 6.07) is 4.81. The number of halogens is 3. The number of thiocarbonyl (C=S) groups is 1. The summed E-state index contributed by atoms with van der Waals surface area (Å²) in [4.78, 5) is 14.5. The zero-order chi connectivity index (χ0) is 17.6. The molecule has 1 aliphatic rings. The number of alkyl halides is 3. The van der Waals surface area contributed by atoms with Crippen molar-refractivity contribution < 1.29 is 23.1 Å². The fourth-order valence-electron chi connectivity index (χ4n) is 2.34. The van der Waals surface area contributed by atoms with Crippen LogP contribution >= 0.6 is 12.2 Å². The van der Waals surface area contributed by atoms with Crippen LogP contribution in [0.1, 0.15) is 18.1 Å². The van der Waals surface area contributed by atoms with E-state index in [1.54, 1.807) is 0 Å². The van der Waals surface area contributed by atoms with Crippen LogP contribution in [-0.2, 0) is 11.0 Å². The lowest BCUT2D eigenvalue weighted by Gasteiger charge is -2.26. The molecule has 1 aromatic rings. The summed E-state index contributed by atoms with van der Waals surface area (Å²) in [7, 11) is 1.41. The zero-order valence-electron chi connectivity index (χ0n) is 12.2. The van der Waals surface area contributed by atoms with Gasteiger partial charge in [-0.2, -0.15) is 18.4 Å². The van der Waals surface area contributed by atoms with Gasteiger partial charge in [0.2, 0.25) is 0 Å². The molecule has 2 rings (SSSR count). The van der Waals surface area contributed by atoms with Crippen LogP contribution in [0.2, 0.25) is 0 Å². The summed E-state index contributed by atoms with van der Waals surface area (Å²) in [6.45, 7) is 0.765. The number of rotatable bonds is 2. The number of anilines is 1. The van der Waals surface area contributed by atoms with Gasteiger partial charge in [-0.15, -0.1) is 0 Å². The van der Waals surface area contributed by atoms with Gasteiger partial charge in [0.05, 0.1) is 29.5 Å². The smallest absolute Gasteiger partial charge is 0.393 e. The summed E-state index contributed by atoms with van der Waals surface area (Å²) in [5.41, 5.74) is -3.81. The summed E-state index contributed by atoms with van der Waals surface area (Å²) in [5, 5.41) is 18.2. The van der Waals surface area contributed by atoms with Gasteiger partial charge < -0.3 is 10.0 Å². The first-order valence-electron chi connectivity index (χ1n) is 6.43. The lowest BCUT2D eigenvalue weighted by atomic mass is 10.0. The van der Waals surface area contributed by atoms with Gasteiger partial charge in [-0.1, -0.05) is 6.07 Å². The average molecular weight is 343 g/mol. The molecule has 1 heterocycles. The molecule has 0 aromatic heterocycles. The molecule has 1 amide bonds. The highest BCUT2D eigenvalue weighted by atomic mass is 32.1. The standard InChI is InChI=1S/C14H12F3N3O2S/c1-13(7-21)11(22)20(12(23)19(13)2)9-5-3-4-8(6-18)10(9)14(15,16)17/h3-5,21H,7H2,1-2H3. The van der Waals surface area contributed by atoms with Gasteiger partial charge in [0.1, 0.15) is 5.54 Å². The Morgan fingerprint density at radius 1 is 1.43 bits per heavy atom. The number of aliphatic hydroxyl groups is 1. The number of hydrogen-bond donors (Lipinski definition) is 1. The number of benzene rings is 1. The first-order chi connectivity index (χ1) is 10.6. The molecule has 1 unspecified atom stereocenters. The highest BCUT2D eigenvalue weighted by Crippen LogP contribution is 2.41. The number of aliphatic hydroxyl groups excluding tert-OH is 1. The maximum Gasteiger partial charge on any atom is 0.419 e. The third-order valence-corrected chi connectivity index (χ3v) is 4.33. The van der Waals surface area contributed by atoms with E-state index in [0.717, 1.165) is 17.0 Å². The number of carbonyl (C=O) groups excluding carboxylic acids is 1. The third-order valence-electron chi connectivity index (χ3n) is 3.88. The largest absolute Gasteiger partial charge is 0.419 e. The van der Waals surface area contributed by atoms with E-state index >= 15 is 0 Å². The van der Waals surface area contributed by atoms with Gasteiger partial charge in [0, 0.05) is 7.05 Å². The number of carbonyl (C=O) groups is 1.